The van der Waals surface area contributed by atoms with Gasteiger partial charge in [-0.1, -0.05) is 0 Å². The second kappa shape index (κ2) is 6.95. The summed E-state index contributed by atoms with van der Waals surface area (Å²) in [4.78, 5) is 32.7. The molecule has 0 fully saturated rings. The second-order valence-electron chi connectivity index (χ2n) is 4.91. The number of hydrogen-bond donors (Lipinski definition) is 4. The average Bonchev–Trinajstić information content (AvgIpc) is 2.12. The first-order valence-corrected chi connectivity index (χ1v) is 5.64. The number of hydrogen-bond acceptors (Lipinski definition) is 4. The average molecular weight is 260 g/mol. The number of amides is 1. The van der Waals surface area contributed by atoms with Gasteiger partial charge >= 0.3 is 11.9 Å². The summed E-state index contributed by atoms with van der Waals surface area (Å²) < 4.78 is 0. The van der Waals surface area contributed by atoms with Gasteiger partial charge in [0.15, 0.2) is 0 Å². The monoisotopic (exact) mass is 260 g/mol. The fraction of sp³-hybridized carbons (Fsp3) is 0.727. The summed E-state index contributed by atoms with van der Waals surface area (Å²) in [5.41, 5.74) is 4.93. The third kappa shape index (κ3) is 8.51. The third-order valence-corrected chi connectivity index (χ3v) is 2.13. The summed E-state index contributed by atoms with van der Waals surface area (Å²) in [6, 6.07) is -1.07. The molecular formula is C11H20N2O5. The lowest BCUT2D eigenvalue weighted by atomic mass is 10.0. The summed E-state index contributed by atoms with van der Waals surface area (Å²) in [5.74, 6) is -2.62. The normalized spacial score (nSPS) is 12.8. The molecule has 0 aliphatic carbocycles. The van der Waals surface area contributed by atoms with Crippen LogP contribution in [0.15, 0.2) is 0 Å². The van der Waals surface area contributed by atoms with Gasteiger partial charge in [-0.2, -0.15) is 0 Å². The maximum absolute atomic E-state index is 11.5. The van der Waals surface area contributed by atoms with Crippen molar-refractivity contribution in [1.29, 1.82) is 0 Å². The van der Waals surface area contributed by atoms with E-state index >= 15 is 0 Å². The molecule has 1 atom stereocenters. The third-order valence-electron chi connectivity index (χ3n) is 2.13. The maximum Gasteiger partial charge on any atom is 0.326 e. The number of rotatable bonds is 8. The minimum atomic E-state index is -1.18. The highest BCUT2D eigenvalue weighted by molar-refractivity contribution is 5.84. The lowest BCUT2D eigenvalue weighted by Gasteiger charge is -2.20. The van der Waals surface area contributed by atoms with Crippen molar-refractivity contribution in [2.75, 3.05) is 0 Å². The van der Waals surface area contributed by atoms with E-state index in [2.05, 4.69) is 5.32 Å². The summed E-state index contributed by atoms with van der Waals surface area (Å²) in [7, 11) is 0. The fourth-order valence-corrected chi connectivity index (χ4v) is 1.37. The van der Waals surface area contributed by atoms with Crippen LogP contribution in [-0.2, 0) is 14.4 Å². The Bertz CT molecular complexity index is 322. The molecule has 0 rings (SSSR count). The van der Waals surface area contributed by atoms with E-state index in [-0.39, 0.29) is 25.7 Å². The Morgan fingerprint density at radius 3 is 2.22 bits per heavy atom. The number of aliphatic carboxylic acids is 2. The van der Waals surface area contributed by atoms with E-state index in [1.807, 2.05) is 0 Å². The standard InChI is InChI=1S/C11H20N2O5/c1-11(2,12)6-8(14)13-7(10(17)18)4-3-5-9(15)16/h7H,3-6,12H2,1-2H3,(H,13,14)(H,15,16)(H,17,18)/t7-/m1/s1. The Labute approximate surface area is 105 Å². The topological polar surface area (TPSA) is 130 Å². The zero-order valence-electron chi connectivity index (χ0n) is 10.6. The van der Waals surface area contributed by atoms with E-state index in [1.165, 1.54) is 0 Å². The number of nitrogens with two attached hydrogens (primary N) is 1. The Morgan fingerprint density at radius 1 is 1.28 bits per heavy atom. The number of carbonyl (C=O) groups excluding carboxylic acids is 1. The van der Waals surface area contributed by atoms with Crippen molar-refractivity contribution in [2.24, 2.45) is 5.73 Å². The van der Waals surface area contributed by atoms with Crippen LogP contribution in [0.4, 0.5) is 0 Å². The maximum atomic E-state index is 11.5. The molecule has 0 aromatic heterocycles. The van der Waals surface area contributed by atoms with Crippen molar-refractivity contribution in [3.63, 3.8) is 0 Å². The van der Waals surface area contributed by atoms with Gasteiger partial charge in [0, 0.05) is 18.4 Å². The first kappa shape index (κ1) is 16.4. The Kier molecular flexibility index (Phi) is 6.32. The van der Waals surface area contributed by atoms with Crippen LogP contribution in [0.3, 0.4) is 0 Å². The molecule has 18 heavy (non-hydrogen) atoms. The first-order valence-electron chi connectivity index (χ1n) is 5.64. The number of carboxylic acid groups (broad SMARTS) is 2. The van der Waals surface area contributed by atoms with Crippen LogP contribution in [0.5, 0.6) is 0 Å². The fourth-order valence-electron chi connectivity index (χ4n) is 1.37. The van der Waals surface area contributed by atoms with Gasteiger partial charge in [-0.25, -0.2) is 4.79 Å². The van der Waals surface area contributed by atoms with Crippen molar-refractivity contribution < 1.29 is 24.6 Å². The van der Waals surface area contributed by atoms with Crippen LogP contribution in [0, 0.1) is 0 Å². The molecule has 0 radical (unpaired) electrons. The zero-order valence-corrected chi connectivity index (χ0v) is 10.6. The van der Waals surface area contributed by atoms with E-state index in [0.717, 1.165) is 0 Å². The highest BCUT2D eigenvalue weighted by Crippen LogP contribution is 2.06. The molecule has 0 bridgehead atoms. The molecule has 5 N–H and O–H groups in total. The van der Waals surface area contributed by atoms with Gasteiger partial charge in [0.05, 0.1) is 0 Å². The minimum Gasteiger partial charge on any atom is -0.481 e. The summed E-state index contributed by atoms with van der Waals surface area (Å²) >= 11 is 0. The van der Waals surface area contributed by atoms with Gasteiger partial charge in [-0.05, 0) is 26.7 Å². The van der Waals surface area contributed by atoms with Gasteiger partial charge in [0.2, 0.25) is 5.91 Å². The van der Waals surface area contributed by atoms with Crippen molar-refractivity contribution in [3.05, 3.63) is 0 Å². The molecule has 0 aliphatic heterocycles. The summed E-state index contributed by atoms with van der Waals surface area (Å²) in [6.07, 6.45) is 0.161. The second-order valence-corrected chi connectivity index (χ2v) is 4.91. The molecule has 0 unspecified atom stereocenters. The van der Waals surface area contributed by atoms with E-state index in [9.17, 15) is 14.4 Å². The highest BCUT2D eigenvalue weighted by atomic mass is 16.4. The highest BCUT2D eigenvalue weighted by Gasteiger charge is 2.23. The number of nitrogens with one attached hydrogen (secondary N) is 1. The van der Waals surface area contributed by atoms with Crippen LogP contribution in [0.1, 0.15) is 39.5 Å². The molecule has 7 nitrogen and oxygen atoms in total. The molecule has 0 heterocycles. The van der Waals surface area contributed by atoms with E-state index in [4.69, 9.17) is 15.9 Å². The molecular weight excluding hydrogens is 240 g/mol. The molecule has 0 spiro atoms. The van der Waals surface area contributed by atoms with Crippen molar-refractivity contribution in [3.8, 4) is 0 Å². The van der Waals surface area contributed by atoms with Gasteiger partial charge in [0.1, 0.15) is 6.04 Å². The lowest BCUT2D eigenvalue weighted by molar-refractivity contribution is -0.142. The molecule has 0 saturated heterocycles. The Hall–Kier alpha value is -1.63. The van der Waals surface area contributed by atoms with Crippen molar-refractivity contribution >= 4 is 17.8 Å². The molecule has 104 valence electrons. The molecule has 0 aliphatic rings. The van der Waals surface area contributed by atoms with E-state index in [0.29, 0.717) is 0 Å². The number of carboxylic acids is 2. The van der Waals surface area contributed by atoms with Gasteiger partial charge < -0.3 is 21.3 Å². The SMILES string of the molecule is CC(C)(N)CC(=O)N[C@H](CCCC(=O)O)C(=O)O. The molecule has 0 aromatic carbocycles. The quantitative estimate of drug-likeness (QED) is 0.483. The van der Waals surface area contributed by atoms with Gasteiger partial charge in [-0.3, -0.25) is 9.59 Å². The Morgan fingerprint density at radius 2 is 1.83 bits per heavy atom. The smallest absolute Gasteiger partial charge is 0.326 e. The Balaban J connectivity index is 4.23. The number of carbonyl (C=O) groups is 3. The minimum absolute atomic E-state index is 0.00963. The van der Waals surface area contributed by atoms with Crippen LogP contribution < -0.4 is 11.1 Å². The largest absolute Gasteiger partial charge is 0.481 e. The zero-order chi connectivity index (χ0) is 14.3. The molecule has 0 saturated carbocycles. The van der Waals surface area contributed by atoms with Gasteiger partial charge in [-0.15, -0.1) is 0 Å². The molecule has 0 aromatic rings. The molecule has 1 amide bonds. The van der Waals surface area contributed by atoms with Crippen LogP contribution in [-0.4, -0.2) is 39.6 Å². The van der Waals surface area contributed by atoms with E-state index < -0.39 is 29.4 Å². The van der Waals surface area contributed by atoms with Gasteiger partial charge in [0.25, 0.3) is 0 Å². The predicted octanol–water partition coefficient (Wildman–Crippen LogP) is -0.0619. The summed E-state index contributed by atoms with van der Waals surface area (Å²) in [6.45, 7) is 3.32. The molecule has 7 heteroatoms. The predicted molar refractivity (Wildman–Crippen MR) is 63.9 cm³/mol. The van der Waals surface area contributed by atoms with E-state index in [1.54, 1.807) is 13.8 Å². The lowest BCUT2D eigenvalue weighted by Crippen LogP contribution is -2.45. The van der Waals surface area contributed by atoms with Crippen molar-refractivity contribution in [2.45, 2.75) is 51.1 Å². The first-order chi connectivity index (χ1) is 8.11. The van der Waals surface area contributed by atoms with Crippen LogP contribution in [0.25, 0.3) is 0 Å². The summed E-state index contributed by atoms with van der Waals surface area (Å²) in [5, 5.41) is 19.7. The van der Waals surface area contributed by atoms with Crippen LogP contribution in [0.2, 0.25) is 0 Å². The van der Waals surface area contributed by atoms with Crippen LogP contribution >= 0.6 is 0 Å². The van der Waals surface area contributed by atoms with Crippen molar-refractivity contribution in [1.82, 2.24) is 5.32 Å².